The number of aryl methyl sites for hydroxylation is 1. The summed E-state index contributed by atoms with van der Waals surface area (Å²) in [6, 6.07) is 9.74. The van der Waals surface area contributed by atoms with Gasteiger partial charge in [-0.25, -0.2) is 4.98 Å². The molecule has 0 bridgehead atoms. The second kappa shape index (κ2) is 8.78. The second-order valence-corrected chi connectivity index (χ2v) is 7.99. The van der Waals surface area contributed by atoms with E-state index in [0.717, 1.165) is 37.3 Å². The van der Waals surface area contributed by atoms with Crippen LogP contribution in [0.2, 0.25) is 0 Å². The average molecular weight is 396 g/mol. The number of rotatable bonds is 4. The highest BCUT2D eigenvalue weighted by atomic mass is 16.2. The van der Waals surface area contributed by atoms with Gasteiger partial charge >= 0.3 is 0 Å². The number of benzene rings is 1. The fraction of sp³-hybridized carbons (Fsp3) is 0.500. The van der Waals surface area contributed by atoms with Crippen LogP contribution >= 0.6 is 0 Å². The highest BCUT2D eigenvalue weighted by Crippen LogP contribution is 2.26. The highest BCUT2D eigenvalue weighted by Gasteiger charge is 2.36. The first kappa shape index (κ1) is 19.6. The fourth-order valence-corrected chi connectivity index (χ4v) is 4.42. The largest absolute Gasteiger partial charge is 0.342 e. The number of nitrogens with zero attached hydrogens (tertiary/aromatic N) is 4. The quantitative estimate of drug-likeness (QED) is 0.849. The molecule has 0 saturated carbocycles. The summed E-state index contributed by atoms with van der Waals surface area (Å²) in [4.78, 5) is 34.5. The van der Waals surface area contributed by atoms with Crippen molar-refractivity contribution < 1.29 is 9.59 Å². The first-order chi connectivity index (χ1) is 14.1. The molecule has 2 aromatic rings. The van der Waals surface area contributed by atoms with Crippen LogP contribution in [-0.4, -0.2) is 63.9 Å². The van der Waals surface area contributed by atoms with Crippen molar-refractivity contribution >= 4 is 11.8 Å². The Hall–Kier alpha value is -2.67. The van der Waals surface area contributed by atoms with Crippen molar-refractivity contribution in [1.29, 1.82) is 0 Å². The van der Waals surface area contributed by atoms with Crippen LogP contribution in [-0.2, 0) is 23.1 Å². The first-order valence-corrected chi connectivity index (χ1v) is 10.4. The van der Waals surface area contributed by atoms with Crippen molar-refractivity contribution in [3.63, 3.8) is 0 Å². The van der Waals surface area contributed by atoms with Crippen LogP contribution in [0.4, 0.5) is 0 Å². The maximum Gasteiger partial charge on any atom is 0.228 e. The monoisotopic (exact) mass is 395 g/mol. The molecule has 2 aliphatic heterocycles. The maximum absolute atomic E-state index is 13.4. The number of hydrogen-bond donors (Lipinski definition) is 1. The topological polar surface area (TPSA) is 70.5 Å². The zero-order valence-electron chi connectivity index (χ0n) is 17.0. The molecule has 2 saturated heterocycles. The number of carbonyl (C=O) groups is 2. The van der Waals surface area contributed by atoms with Gasteiger partial charge in [-0.3, -0.25) is 9.59 Å². The summed E-state index contributed by atoms with van der Waals surface area (Å²) in [7, 11) is 1.96. The van der Waals surface area contributed by atoms with E-state index >= 15 is 0 Å². The molecule has 29 heavy (non-hydrogen) atoms. The summed E-state index contributed by atoms with van der Waals surface area (Å²) in [5, 5.41) is 3.38. The lowest BCUT2D eigenvalue weighted by molar-refractivity contribution is -0.143. The molecule has 2 atom stereocenters. The van der Waals surface area contributed by atoms with E-state index in [2.05, 4.69) is 10.3 Å². The van der Waals surface area contributed by atoms with Crippen LogP contribution in [0.3, 0.4) is 0 Å². The Labute approximate surface area is 171 Å². The van der Waals surface area contributed by atoms with Gasteiger partial charge in [-0.15, -0.1) is 0 Å². The molecule has 7 heteroatoms. The molecule has 0 spiro atoms. The normalized spacial score (nSPS) is 22.5. The zero-order chi connectivity index (χ0) is 20.2. The summed E-state index contributed by atoms with van der Waals surface area (Å²) < 4.78 is 1.98. The first-order valence-electron chi connectivity index (χ1n) is 10.4. The predicted octanol–water partition coefficient (Wildman–Crippen LogP) is 1.37. The van der Waals surface area contributed by atoms with Gasteiger partial charge in [0.2, 0.25) is 11.8 Å². The van der Waals surface area contributed by atoms with E-state index in [9.17, 15) is 9.59 Å². The molecule has 7 nitrogen and oxygen atoms in total. The number of imidazole rings is 1. The van der Waals surface area contributed by atoms with Crippen LogP contribution in [0, 0.1) is 5.92 Å². The Kier molecular flexibility index (Phi) is 5.94. The molecule has 2 unspecified atom stereocenters. The minimum Gasteiger partial charge on any atom is -0.342 e. The molecular weight excluding hydrogens is 366 g/mol. The van der Waals surface area contributed by atoms with E-state index in [1.54, 1.807) is 6.20 Å². The average Bonchev–Trinajstić information content (AvgIpc) is 3.19. The van der Waals surface area contributed by atoms with Gasteiger partial charge in [0.05, 0.1) is 12.3 Å². The molecule has 0 radical (unpaired) electrons. The molecule has 4 rings (SSSR count). The van der Waals surface area contributed by atoms with Crippen molar-refractivity contribution in [2.75, 3.05) is 32.7 Å². The fourth-order valence-electron chi connectivity index (χ4n) is 4.42. The van der Waals surface area contributed by atoms with E-state index in [1.165, 1.54) is 0 Å². The third-order valence-electron chi connectivity index (χ3n) is 6.00. The van der Waals surface area contributed by atoms with Gasteiger partial charge in [-0.1, -0.05) is 30.3 Å². The summed E-state index contributed by atoms with van der Waals surface area (Å²) in [5.74, 6) is 1.02. The number of carbonyl (C=O) groups excluding carboxylic acids is 2. The van der Waals surface area contributed by atoms with E-state index in [4.69, 9.17) is 0 Å². The Morgan fingerprint density at radius 2 is 2.03 bits per heavy atom. The zero-order valence-corrected chi connectivity index (χ0v) is 17.0. The minimum absolute atomic E-state index is 0.0633. The molecular formula is C22H29N5O2. The summed E-state index contributed by atoms with van der Waals surface area (Å²) in [6.45, 7) is 3.42. The van der Waals surface area contributed by atoms with Gasteiger partial charge in [0.1, 0.15) is 11.9 Å². The van der Waals surface area contributed by atoms with Crippen LogP contribution in [0.25, 0.3) is 0 Å². The Bertz CT molecular complexity index is 850. The molecule has 1 aromatic carbocycles. The van der Waals surface area contributed by atoms with E-state index < -0.39 is 0 Å². The van der Waals surface area contributed by atoms with E-state index in [1.807, 2.05) is 57.9 Å². The molecule has 2 amide bonds. The second-order valence-electron chi connectivity index (χ2n) is 7.99. The van der Waals surface area contributed by atoms with Crippen molar-refractivity contribution in [2.24, 2.45) is 13.0 Å². The van der Waals surface area contributed by atoms with Gasteiger partial charge in [0.15, 0.2) is 0 Å². The Morgan fingerprint density at radius 3 is 2.79 bits per heavy atom. The van der Waals surface area contributed by atoms with Crippen molar-refractivity contribution in [3.8, 4) is 0 Å². The number of hydrogen-bond acceptors (Lipinski definition) is 4. The van der Waals surface area contributed by atoms with E-state index in [-0.39, 0.29) is 23.8 Å². The lowest BCUT2D eigenvalue weighted by atomic mass is 9.94. The number of aromatic nitrogens is 2. The summed E-state index contributed by atoms with van der Waals surface area (Å²) in [5.41, 5.74) is 1.02. The smallest absolute Gasteiger partial charge is 0.228 e. The Balaban J connectivity index is 1.43. The number of piperazine rings is 1. The Morgan fingerprint density at radius 1 is 1.21 bits per heavy atom. The minimum atomic E-state index is -0.135. The highest BCUT2D eigenvalue weighted by molar-refractivity contribution is 5.82. The SMILES string of the molecule is Cn1ccnc1C1CNCCN1C(=O)C1CCCN(C(=O)Cc2ccccc2)C1. The molecule has 1 aromatic heterocycles. The predicted molar refractivity (Wildman–Crippen MR) is 110 cm³/mol. The van der Waals surface area contributed by atoms with Crippen molar-refractivity contribution in [2.45, 2.75) is 25.3 Å². The van der Waals surface area contributed by atoms with Crippen LogP contribution in [0.1, 0.15) is 30.3 Å². The number of amides is 2. The molecule has 154 valence electrons. The molecule has 1 N–H and O–H groups in total. The molecule has 2 fully saturated rings. The number of piperidine rings is 1. The lowest BCUT2D eigenvalue weighted by Gasteiger charge is -2.40. The van der Waals surface area contributed by atoms with Crippen molar-refractivity contribution in [3.05, 3.63) is 54.1 Å². The van der Waals surface area contributed by atoms with Crippen LogP contribution < -0.4 is 5.32 Å². The van der Waals surface area contributed by atoms with Crippen molar-refractivity contribution in [1.82, 2.24) is 24.7 Å². The number of nitrogens with one attached hydrogen (secondary N) is 1. The van der Waals surface area contributed by atoms with E-state index in [0.29, 0.717) is 26.1 Å². The standard InChI is InChI=1S/C22H29N5O2/c1-25-12-10-24-21(25)19-15-23-9-13-27(19)22(29)18-8-5-11-26(16-18)20(28)14-17-6-3-2-4-7-17/h2-4,6-7,10,12,18-19,23H,5,8-9,11,13-16H2,1H3. The third kappa shape index (κ3) is 4.34. The van der Waals surface area contributed by atoms with Gasteiger partial charge in [0.25, 0.3) is 0 Å². The summed E-state index contributed by atoms with van der Waals surface area (Å²) >= 11 is 0. The summed E-state index contributed by atoms with van der Waals surface area (Å²) in [6.07, 6.45) is 5.79. The maximum atomic E-state index is 13.4. The molecule has 3 heterocycles. The third-order valence-corrected chi connectivity index (χ3v) is 6.00. The molecule has 0 aliphatic carbocycles. The molecule has 2 aliphatic rings. The van der Waals surface area contributed by atoms with Crippen LogP contribution in [0.5, 0.6) is 0 Å². The van der Waals surface area contributed by atoms with Gasteiger partial charge in [-0.2, -0.15) is 0 Å². The van der Waals surface area contributed by atoms with Gasteiger partial charge < -0.3 is 19.7 Å². The van der Waals surface area contributed by atoms with Gasteiger partial charge in [-0.05, 0) is 18.4 Å². The van der Waals surface area contributed by atoms with Crippen LogP contribution in [0.15, 0.2) is 42.7 Å². The number of likely N-dealkylation sites (tertiary alicyclic amines) is 1. The lowest BCUT2D eigenvalue weighted by Crippen LogP contribution is -2.53. The van der Waals surface area contributed by atoms with Gasteiger partial charge in [0, 0.05) is 52.2 Å².